The molecule has 1 aromatic carbocycles. The van der Waals surface area contributed by atoms with Gasteiger partial charge in [0.25, 0.3) is 0 Å². The van der Waals surface area contributed by atoms with Gasteiger partial charge in [0.1, 0.15) is 0 Å². The first kappa shape index (κ1) is 18.5. The molecule has 2 rings (SSSR count). The topological polar surface area (TPSA) is 84.2 Å². The number of hydrogen-bond acceptors (Lipinski definition) is 3. The summed E-state index contributed by atoms with van der Waals surface area (Å²) < 4.78 is 0. The molecule has 1 atom stereocenters. The number of carbonyl (C=O) groups is 2. The number of benzene rings is 1. The average molecular weight is 331 g/mol. The van der Waals surface area contributed by atoms with Crippen LogP contribution < -0.4 is 16.4 Å². The Bertz CT molecular complexity index is 553. The minimum Gasteiger partial charge on any atom is -0.354 e. The molecule has 4 N–H and O–H groups in total. The van der Waals surface area contributed by atoms with Gasteiger partial charge in [-0.3, -0.25) is 9.59 Å². The van der Waals surface area contributed by atoms with E-state index in [1.807, 2.05) is 32.0 Å². The van der Waals surface area contributed by atoms with E-state index in [-0.39, 0.29) is 29.7 Å². The third kappa shape index (κ3) is 5.06. The minimum atomic E-state index is -0.575. The summed E-state index contributed by atoms with van der Waals surface area (Å²) >= 11 is 0. The Balaban J connectivity index is 1.77. The number of amides is 2. The summed E-state index contributed by atoms with van der Waals surface area (Å²) in [7, 11) is 0. The van der Waals surface area contributed by atoms with Crippen molar-refractivity contribution in [1.82, 2.24) is 10.6 Å². The summed E-state index contributed by atoms with van der Waals surface area (Å²) in [6, 6.07) is 9.81. The van der Waals surface area contributed by atoms with Gasteiger partial charge in [-0.05, 0) is 36.2 Å². The first-order valence-corrected chi connectivity index (χ1v) is 8.76. The van der Waals surface area contributed by atoms with Gasteiger partial charge in [-0.1, -0.05) is 50.6 Å². The van der Waals surface area contributed by atoms with Crippen LogP contribution in [-0.4, -0.2) is 30.9 Å². The van der Waals surface area contributed by atoms with Crippen molar-refractivity contribution in [2.24, 2.45) is 17.1 Å². The van der Waals surface area contributed by atoms with Crippen LogP contribution in [0.5, 0.6) is 0 Å². The summed E-state index contributed by atoms with van der Waals surface area (Å²) in [6.07, 6.45) is 4.46. The Hall–Kier alpha value is -1.88. The lowest BCUT2D eigenvalue weighted by atomic mass is 9.65. The number of nitrogens with two attached hydrogens (primary N) is 1. The maximum absolute atomic E-state index is 12.0. The molecule has 5 heteroatoms. The molecule has 0 unspecified atom stereocenters. The van der Waals surface area contributed by atoms with Crippen LogP contribution in [0.1, 0.15) is 38.7 Å². The van der Waals surface area contributed by atoms with E-state index in [9.17, 15) is 9.59 Å². The SMILES string of the molecule is CC(C)[C@H](N)C(=O)NCC(=O)NCC1(Cc2ccccc2)CCC1. The fraction of sp³-hybridized carbons (Fsp3) is 0.579. The van der Waals surface area contributed by atoms with Crippen LogP contribution in [0.2, 0.25) is 0 Å². The van der Waals surface area contributed by atoms with Crippen LogP contribution in [0.3, 0.4) is 0 Å². The van der Waals surface area contributed by atoms with E-state index >= 15 is 0 Å². The van der Waals surface area contributed by atoms with Gasteiger partial charge in [0.15, 0.2) is 0 Å². The van der Waals surface area contributed by atoms with Crippen molar-refractivity contribution in [1.29, 1.82) is 0 Å². The highest BCUT2D eigenvalue weighted by Crippen LogP contribution is 2.43. The van der Waals surface area contributed by atoms with Gasteiger partial charge in [-0.25, -0.2) is 0 Å². The Morgan fingerprint density at radius 3 is 2.38 bits per heavy atom. The lowest BCUT2D eigenvalue weighted by Gasteiger charge is -2.42. The largest absolute Gasteiger partial charge is 0.354 e. The van der Waals surface area contributed by atoms with Crippen molar-refractivity contribution in [3.8, 4) is 0 Å². The third-order valence-electron chi connectivity index (χ3n) is 4.94. The highest BCUT2D eigenvalue weighted by atomic mass is 16.2. The molecule has 0 spiro atoms. The fourth-order valence-electron chi connectivity index (χ4n) is 3.06. The van der Waals surface area contributed by atoms with Crippen LogP contribution >= 0.6 is 0 Å². The maximum Gasteiger partial charge on any atom is 0.239 e. The molecular formula is C19H29N3O2. The summed E-state index contributed by atoms with van der Waals surface area (Å²) in [5.41, 5.74) is 7.23. The van der Waals surface area contributed by atoms with E-state index in [1.54, 1.807) is 0 Å². The molecule has 1 saturated carbocycles. The summed E-state index contributed by atoms with van der Waals surface area (Å²) in [5, 5.41) is 5.58. The second kappa shape index (κ2) is 8.29. The minimum absolute atomic E-state index is 0.0132. The molecule has 24 heavy (non-hydrogen) atoms. The zero-order valence-electron chi connectivity index (χ0n) is 14.7. The molecule has 0 bridgehead atoms. The molecular weight excluding hydrogens is 302 g/mol. The zero-order chi connectivity index (χ0) is 17.6. The molecule has 1 aromatic rings. The lowest BCUT2D eigenvalue weighted by molar-refractivity contribution is -0.127. The number of rotatable bonds is 8. The molecule has 2 amide bonds. The van der Waals surface area contributed by atoms with Crippen molar-refractivity contribution in [2.45, 2.75) is 45.6 Å². The van der Waals surface area contributed by atoms with Gasteiger partial charge < -0.3 is 16.4 Å². The van der Waals surface area contributed by atoms with E-state index in [0.29, 0.717) is 6.54 Å². The quantitative estimate of drug-likeness (QED) is 0.677. The Morgan fingerprint density at radius 2 is 1.83 bits per heavy atom. The molecule has 132 valence electrons. The van der Waals surface area contributed by atoms with Gasteiger partial charge in [0.05, 0.1) is 12.6 Å². The van der Waals surface area contributed by atoms with Crippen LogP contribution in [-0.2, 0) is 16.0 Å². The van der Waals surface area contributed by atoms with Crippen molar-refractivity contribution in [3.05, 3.63) is 35.9 Å². The first-order valence-electron chi connectivity index (χ1n) is 8.76. The molecule has 0 radical (unpaired) electrons. The fourth-order valence-corrected chi connectivity index (χ4v) is 3.06. The monoisotopic (exact) mass is 331 g/mol. The predicted molar refractivity (Wildman–Crippen MR) is 95.3 cm³/mol. The van der Waals surface area contributed by atoms with E-state index < -0.39 is 6.04 Å². The van der Waals surface area contributed by atoms with Crippen LogP contribution in [0.4, 0.5) is 0 Å². The molecule has 1 fully saturated rings. The third-order valence-corrected chi connectivity index (χ3v) is 4.94. The second-order valence-corrected chi connectivity index (χ2v) is 7.28. The standard InChI is InChI=1S/C19H29N3O2/c1-14(2)17(20)18(24)21-12-16(23)22-13-19(9-6-10-19)11-15-7-4-3-5-8-15/h3-5,7-8,14,17H,6,9-13,20H2,1-2H3,(H,21,24)(H,22,23)/t17-/m0/s1. The second-order valence-electron chi connectivity index (χ2n) is 7.28. The molecule has 5 nitrogen and oxygen atoms in total. The number of carbonyl (C=O) groups excluding carboxylic acids is 2. The number of nitrogens with one attached hydrogen (secondary N) is 2. The highest BCUT2D eigenvalue weighted by molar-refractivity contribution is 5.87. The zero-order valence-corrected chi connectivity index (χ0v) is 14.7. The molecule has 0 saturated heterocycles. The van der Waals surface area contributed by atoms with E-state index in [4.69, 9.17) is 5.73 Å². The molecule has 0 aliphatic heterocycles. The van der Waals surface area contributed by atoms with Crippen LogP contribution in [0, 0.1) is 11.3 Å². The van der Waals surface area contributed by atoms with E-state index in [0.717, 1.165) is 19.3 Å². The smallest absolute Gasteiger partial charge is 0.239 e. The van der Waals surface area contributed by atoms with E-state index in [2.05, 4.69) is 22.8 Å². The highest BCUT2D eigenvalue weighted by Gasteiger charge is 2.37. The van der Waals surface area contributed by atoms with Crippen molar-refractivity contribution in [2.75, 3.05) is 13.1 Å². The Labute approximate surface area is 144 Å². The average Bonchev–Trinajstić information content (AvgIpc) is 2.55. The van der Waals surface area contributed by atoms with Gasteiger partial charge >= 0.3 is 0 Å². The normalized spacial score (nSPS) is 17.0. The van der Waals surface area contributed by atoms with Gasteiger partial charge in [0.2, 0.25) is 11.8 Å². The molecule has 1 aliphatic rings. The van der Waals surface area contributed by atoms with Gasteiger partial charge in [0, 0.05) is 6.54 Å². The predicted octanol–water partition coefficient (Wildman–Crippen LogP) is 1.62. The van der Waals surface area contributed by atoms with Gasteiger partial charge in [-0.15, -0.1) is 0 Å². The molecule has 1 aliphatic carbocycles. The maximum atomic E-state index is 12.0. The van der Waals surface area contributed by atoms with Crippen LogP contribution in [0.15, 0.2) is 30.3 Å². The van der Waals surface area contributed by atoms with E-state index in [1.165, 1.54) is 12.0 Å². The Kier molecular flexibility index (Phi) is 6.37. The van der Waals surface area contributed by atoms with Crippen LogP contribution in [0.25, 0.3) is 0 Å². The Morgan fingerprint density at radius 1 is 1.17 bits per heavy atom. The summed E-state index contributed by atoms with van der Waals surface area (Å²) in [4.78, 5) is 23.8. The van der Waals surface area contributed by atoms with Crippen molar-refractivity contribution in [3.63, 3.8) is 0 Å². The van der Waals surface area contributed by atoms with Crippen molar-refractivity contribution >= 4 is 11.8 Å². The molecule has 0 heterocycles. The first-order chi connectivity index (χ1) is 11.4. The number of hydrogen-bond donors (Lipinski definition) is 3. The summed E-state index contributed by atoms with van der Waals surface area (Å²) in [6.45, 7) is 4.41. The lowest BCUT2D eigenvalue weighted by Crippen LogP contribution is -2.49. The van der Waals surface area contributed by atoms with Gasteiger partial charge in [-0.2, -0.15) is 0 Å². The van der Waals surface area contributed by atoms with Crippen molar-refractivity contribution < 1.29 is 9.59 Å². The molecule has 0 aromatic heterocycles. The summed E-state index contributed by atoms with van der Waals surface area (Å²) in [5.74, 6) is -0.376.